The van der Waals surface area contributed by atoms with Crippen LogP contribution in [-0.4, -0.2) is 71.9 Å². The highest BCUT2D eigenvalue weighted by atomic mass is 15.3. The van der Waals surface area contributed by atoms with Gasteiger partial charge in [0, 0.05) is 45.0 Å². The Morgan fingerprint density at radius 3 is 2.81 bits per heavy atom. The van der Waals surface area contributed by atoms with Crippen LogP contribution in [0.25, 0.3) is 0 Å². The van der Waals surface area contributed by atoms with Gasteiger partial charge in [0.25, 0.3) is 0 Å². The van der Waals surface area contributed by atoms with E-state index in [4.69, 9.17) is 0 Å². The molecule has 1 aliphatic heterocycles. The molecule has 1 N–H and O–H groups in total. The van der Waals surface area contributed by atoms with Gasteiger partial charge in [0.2, 0.25) is 0 Å². The van der Waals surface area contributed by atoms with Crippen molar-refractivity contribution in [3.8, 4) is 0 Å². The lowest BCUT2D eigenvalue weighted by molar-refractivity contribution is 0.101. The molecule has 2 unspecified atom stereocenters. The van der Waals surface area contributed by atoms with Crippen LogP contribution in [0.4, 0.5) is 0 Å². The third-order valence-electron chi connectivity index (χ3n) is 4.46. The molecule has 2 heterocycles. The summed E-state index contributed by atoms with van der Waals surface area (Å²) in [7, 11) is 6.48. The normalized spacial score (nSPS) is 22.6. The van der Waals surface area contributed by atoms with Crippen LogP contribution in [0.2, 0.25) is 0 Å². The van der Waals surface area contributed by atoms with Crippen LogP contribution >= 0.6 is 0 Å². The third-order valence-corrected chi connectivity index (χ3v) is 4.46. The van der Waals surface area contributed by atoms with Crippen molar-refractivity contribution in [3.63, 3.8) is 0 Å². The number of rotatable bonds is 7. The Balaban J connectivity index is 1.94. The van der Waals surface area contributed by atoms with Crippen molar-refractivity contribution in [2.45, 2.75) is 38.3 Å². The molecular formula is C16H31N5. The fraction of sp³-hybridized carbons (Fsp3) is 0.812. The van der Waals surface area contributed by atoms with Crippen molar-refractivity contribution in [2.75, 3.05) is 40.3 Å². The van der Waals surface area contributed by atoms with Crippen LogP contribution in [0.1, 0.15) is 25.3 Å². The molecule has 5 heteroatoms. The molecule has 1 aromatic rings. The Morgan fingerprint density at radius 1 is 1.33 bits per heavy atom. The SMILES string of the molecule is CCCNC(Cc1cnn(C)c1)CC1CN(C)CCN1C. The summed E-state index contributed by atoms with van der Waals surface area (Å²) in [5.74, 6) is 0. The highest BCUT2D eigenvalue weighted by Crippen LogP contribution is 2.14. The summed E-state index contributed by atoms with van der Waals surface area (Å²) in [6.45, 7) is 6.86. The molecule has 2 atom stereocenters. The summed E-state index contributed by atoms with van der Waals surface area (Å²) in [6, 6.07) is 1.18. The topological polar surface area (TPSA) is 36.3 Å². The summed E-state index contributed by atoms with van der Waals surface area (Å²) in [6.07, 6.45) is 7.59. The monoisotopic (exact) mass is 293 g/mol. The van der Waals surface area contributed by atoms with Crippen molar-refractivity contribution in [1.82, 2.24) is 24.9 Å². The molecule has 0 radical (unpaired) electrons. The zero-order valence-electron chi connectivity index (χ0n) is 14.0. The van der Waals surface area contributed by atoms with E-state index >= 15 is 0 Å². The van der Waals surface area contributed by atoms with E-state index in [2.05, 4.69) is 47.4 Å². The fourth-order valence-corrected chi connectivity index (χ4v) is 3.13. The van der Waals surface area contributed by atoms with Crippen LogP contribution < -0.4 is 5.32 Å². The predicted molar refractivity (Wildman–Crippen MR) is 87.5 cm³/mol. The zero-order valence-corrected chi connectivity index (χ0v) is 14.0. The van der Waals surface area contributed by atoms with Gasteiger partial charge in [0.1, 0.15) is 0 Å². The largest absolute Gasteiger partial charge is 0.314 e. The van der Waals surface area contributed by atoms with Crippen molar-refractivity contribution >= 4 is 0 Å². The van der Waals surface area contributed by atoms with Gasteiger partial charge in [-0.1, -0.05) is 6.92 Å². The van der Waals surface area contributed by atoms with Crippen molar-refractivity contribution in [1.29, 1.82) is 0 Å². The van der Waals surface area contributed by atoms with Gasteiger partial charge in [-0.25, -0.2) is 0 Å². The van der Waals surface area contributed by atoms with Crippen molar-refractivity contribution < 1.29 is 0 Å². The average molecular weight is 293 g/mol. The second-order valence-corrected chi connectivity index (χ2v) is 6.51. The quantitative estimate of drug-likeness (QED) is 0.813. The second-order valence-electron chi connectivity index (χ2n) is 6.51. The van der Waals surface area contributed by atoms with E-state index in [1.54, 1.807) is 0 Å². The Kier molecular flexibility index (Phi) is 6.21. The number of hydrogen-bond donors (Lipinski definition) is 1. The first-order valence-corrected chi connectivity index (χ1v) is 8.18. The Morgan fingerprint density at radius 2 is 2.14 bits per heavy atom. The van der Waals surface area contributed by atoms with E-state index in [0.717, 1.165) is 13.0 Å². The first kappa shape index (κ1) is 16.5. The molecule has 0 bridgehead atoms. The van der Waals surface area contributed by atoms with E-state index in [-0.39, 0.29) is 0 Å². The van der Waals surface area contributed by atoms with Gasteiger partial charge in [0.05, 0.1) is 6.20 Å². The van der Waals surface area contributed by atoms with Gasteiger partial charge in [0.15, 0.2) is 0 Å². The molecule has 1 fully saturated rings. The first-order valence-electron chi connectivity index (χ1n) is 8.18. The van der Waals surface area contributed by atoms with E-state index in [1.165, 1.54) is 38.0 Å². The van der Waals surface area contributed by atoms with Gasteiger partial charge in [-0.3, -0.25) is 4.68 Å². The van der Waals surface area contributed by atoms with Crippen LogP contribution in [0.15, 0.2) is 12.4 Å². The van der Waals surface area contributed by atoms with Gasteiger partial charge in [-0.2, -0.15) is 5.10 Å². The lowest BCUT2D eigenvalue weighted by Crippen LogP contribution is -2.52. The molecule has 120 valence electrons. The minimum atomic E-state index is 0.535. The van der Waals surface area contributed by atoms with E-state index < -0.39 is 0 Å². The van der Waals surface area contributed by atoms with Gasteiger partial charge in [-0.15, -0.1) is 0 Å². The standard InChI is InChI=1S/C16H31N5/c1-5-6-17-15(9-14-11-18-21(4)12-14)10-16-13-19(2)7-8-20(16)3/h11-12,15-17H,5-10,13H2,1-4H3. The van der Waals surface area contributed by atoms with Gasteiger partial charge < -0.3 is 15.1 Å². The molecule has 1 aliphatic rings. The van der Waals surface area contributed by atoms with Crippen LogP contribution in [-0.2, 0) is 13.5 Å². The molecule has 0 spiro atoms. The minimum absolute atomic E-state index is 0.535. The maximum Gasteiger partial charge on any atom is 0.0522 e. The second kappa shape index (κ2) is 7.92. The summed E-state index contributed by atoms with van der Waals surface area (Å²) in [5.41, 5.74) is 1.33. The van der Waals surface area contributed by atoms with E-state index in [9.17, 15) is 0 Å². The molecule has 21 heavy (non-hydrogen) atoms. The highest BCUT2D eigenvalue weighted by molar-refractivity contribution is 5.06. The Hall–Kier alpha value is -0.910. The number of nitrogens with zero attached hydrogens (tertiary/aromatic N) is 4. The smallest absolute Gasteiger partial charge is 0.0522 e. The number of likely N-dealkylation sites (N-methyl/N-ethyl adjacent to an activating group) is 2. The Labute approximate surface area is 129 Å². The first-order chi connectivity index (χ1) is 10.1. The molecule has 1 saturated heterocycles. The van der Waals surface area contributed by atoms with Crippen molar-refractivity contribution in [3.05, 3.63) is 18.0 Å². The summed E-state index contributed by atoms with van der Waals surface area (Å²) < 4.78 is 1.90. The third kappa shape index (κ3) is 5.09. The summed E-state index contributed by atoms with van der Waals surface area (Å²) >= 11 is 0. The van der Waals surface area contributed by atoms with Gasteiger partial charge in [-0.05, 0) is 45.5 Å². The van der Waals surface area contributed by atoms with Crippen LogP contribution in [0.3, 0.4) is 0 Å². The molecule has 0 aliphatic carbocycles. The predicted octanol–water partition coefficient (Wildman–Crippen LogP) is 0.967. The minimum Gasteiger partial charge on any atom is -0.314 e. The van der Waals surface area contributed by atoms with Crippen LogP contribution in [0, 0.1) is 0 Å². The fourth-order valence-electron chi connectivity index (χ4n) is 3.13. The maximum atomic E-state index is 4.29. The number of aryl methyl sites for hydroxylation is 1. The molecule has 0 amide bonds. The zero-order chi connectivity index (χ0) is 15.2. The number of aromatic nitrogens is 2. The number of piperazine rings is 1. The molecule has 5 nitrogen and oxygen atoms in total. The number of hydrogen-bond acceptors (Lipinski definition) is 4. The van der Waals surface area contributed by atoms with E-state index in [0.29, 0.717) is 12.1 Å². The van der Waals surface area contributed by atoms with E-state index in [1.807, 2.05) is 17.9 Å². The Bertz CT molecular complexity index is 417. The molecular weight excluding hydrogens is 262 g/mol. The highest BCUT2D eigenvalue weighted by Gasteiger charge is 2.25. The number of nitrogens with one attached hydrogen (secondary N) is 1. The summed E-state index contributed by atoms with van der Waals surface area (Å²) in [4.78, 5) is 4.97. The lowest BCUT2D eigenvalue weighted by atomic mass is 9.98. The molecule has 0 aromatic carbocycles. The molecule has 1 aromatic heterocycles. The average Bonchev–Trinajstić information content (AvgIpc) is 2.85. The van der Waals surface area contributed by atoms with Crippen LogP contribution in [0.5, 0.6) is 0 Å². The summed E-state index contributed by atoms with van der Waals surface area (Å²) in [5, 5.41) is 8.02. The lowest BCUT2D eigenvalue weighted by Gasteiger charge is -2.39. The van der Waals surface area contributed by atoms with Crippen molar-refractivity contribution in [2.24, 2.45) is 7.05 Å². The van der Waals surface area contributed by atoms with Gasteiger partial charge >= 0.3 is 0 Å². The maximum absolute atomic E-state index is 4.29. The molecule has 0 saturated carbocycles. The molecule has 2 rings (SSSR count).